The molecule has 1 heterocycles. The molecule has 4 nitrogen and oxygen atoms in total. The lowest BCUT2D eigenvalue weighted by Gasteiger charge is -2.22. The first-order chi connectivity index (χ1) is 22.2. The zero-order valence-electron chi connectivity index (χ0n) is 30.1. The smallest absolute Gasteiger partial charge is 0.230 e. The predicted molar refractivity (Wildman–Crippen MR) is 201 cm³/mol. The average Bonchev–Trinajstić information content (AvgIpc) is 3.02. The van der Waals surface area contributed by atoms with Crippen molar-refractivity contribution >= 4 is 29.2 Å². The van der Waals surface area contributed by atoms with E-state index in [-0.39, 0.29) is 10.6 Å². The van der Waals surface area contributed by atoms with Crippen molar-refractivity contribution < 1.29 is 0 Å². The Kier molecular flexibility index (Phi) is 31.4. The fourth-order valence-electron chi connectivity index (χ4n) is 6.47. The standard InChI is InChI=1S/C39H74Cl2N4/c1-3-5-7-9-11-13-15-17-19-21-23-25-27-29-31-33-35-45(39-43-37(40)42-38(41)44-39)36-34-32-30-28-26-24-22-20-18-16-14-12-10-8-6-4-2/h3-36H2,1-2H3. The Labute approximate surface area is 291 Å². The molecule has 1 rings (SSSR count). The fourth-order valence-corrected chi connectivity index (χ4v) is 6.83. The molecule has 1 aromatic rings. The third kappa shape index (κ3) is 28.1. The van der Waals surface area contributed by atoms with Gasteiger partial charge in [0.15, 0.2) is 0 Å². The zero-order chi connectivity index (χ0) is 32.5. The maximum absolute atomic E-state index is 6.13. The van der Waals surface area contributed by atoms with Gasteiger partial charge < -0.3 is 4.90 Å². The minimum atomic E-state index is 0.189. The molecule has 0 amide bonds. The van der Waals surface area contributed by atoms with E-state index in [0.717, 1.165) is 25.9 Å². The molecule has 0 spiro atoms. The largest absolute Gasteiger partial charge is 0.341 e. The number of rotatable bonds is 35. The maximum Gasteiger partial charge on any atom is 0.230 e. The minimum Gasteiger partial charge on any atom is -0.341 e. The molecule has 6 heteroatoms. The van der Waals surface area contributed by atoms with Crippen molar-refractivity contribution in [1.82, 2.24) is 15.0 Å². The van der Waals surface area contributed by atoms with Crippen molar-refractivity contribution in [2.45, 2.75) is 219 Å². The van der Waals surface area contributed by atoms with Crippen LogP contribution in [0, 0.1) is 0 Å². The monoisotopic (exact) mass is 669 g/mol. The van der Waals surface area contributed by atoms with E-state index in [4.69, 9.17) is 23.2 Å². The third-order valence-electron chi connectivity index (χ3n) is 9.42. The maximum atomic E-state index is 6.13. The average molecular weight is 670 g/mol. The van der Waals surface area contributed by atoms with Crippen molar-refractivity contribution in [2.75, 3.05) is 18.0 Å². The zero-order valence-corrected chi connectivity index (χ0v) is 31.6. The van der Waals surface area contributed by atoms with E-state index >= 15 is 0 Å². The quantitative estimate of drug-likeness (QED) is 0.0675. The number of aromatic nitrogens is 3. The summed E-state index contributed by atoms with van der Waals surface area (Å²) in [6.45, 7) is 6.52. The third-order valence-corrected chi connectivity index (χ3v) is 9.75. The molecule has 0 bridgehead atoms. The van der Waals surface area contributed by atoms with Gasteiger partial charge in [0.25, 0.3) is 0 Å². The number of hydrogen-bond donors (Lipinski definition) is 0. The second-order valence-corrected chi connectivity index (χ2v) is 14.4. The second-order valence-electron chi connectivity index (χ2n) is 13.8. The summed E-state index contributed by atoms with van der Waals surface area (Å²) in [6, 6.07) is 0. The van der Waals surface area contributed by atoms with Gasteiger partial charge in [-0.05, 0) is 36.0 Å². The van der Waals surface area contributed by atoms with Crippen molar-refractivity contribution in [2.24, 2.45) is 0 Å². The normalized spacial score (nSPS) is 11.5. The van der Waals surface area contributed by atoms with Crippen molar-refractivity contribution in [3.05, 3.63) is 10.6 Å². The molecular weight excluding hydrogens is 595 g/mol. The van der Waals surface area contributed by atoms with Gasteiger partial charge in [-0.15, -0.1) is 0 Å². The summed E-state index contributed by atoms with van der Waals surface area (Å²) in [5.41, 5.74) is 0. The van der Waals surface area contributed by atoms with Crippen LogP contribution in [0.25, 0.3) is 0 Å². The van der Waals surface area contributed by atoms with Gasteiger partial charge in [0, 0.05) is 13.1 Å². The van der Waals surface area contributed by atoms with E-state index in [2.05, 4.69) is 33.7 Å². The lowest BCUT2D eigenvalue weighted by atomic mass is 10.0. The number of halogens is 2. The number of anilines is 1. The molecule has 45 heavy (non-hydrogen) atoms. The molecule has 0 saturated carbocycles. The van der Waals surface area contributed by atoms with Gasteiger partial charge in [-0.1, -0.05) is 206 Å². The summed E-state index contributed by atoms with van der Waals surface area (Å²) >= 11 is 12.3. The van der Waals surface area contributed by atoms with Crippen molar-refractivity contribution in [1.29, 1.82) is 0 Å². The molecule has 0 radical (unpaired) electrons. The number of hydrogen-bond acceptors (Lipinski definition) is 4. The van der Waals surface area contributed by atoms with Gasteiger partial charge in [0.1, 0.15) is 0 Å². The summed E-state index contributed by atoms with van der Waals surface area (Å²) < 4.78 is 0. The Balaban J connectivity index is 2.07. The first-order valence-corrected chi connectivity index (χ1v) is 20.7. The predicted octanol–water partition coefficient (Wildman–Crippen LogP) is 14.5. The summed E-state index contributed by atoms with van der Waals surface area (Å²) in [4.78, 5) is 15.0. The topological polar surface area (TPSA) is 41.9 Å². The Morgan fingerprint density at radius 1 is 0.333 bits per heavy atom. The van der Waals surface area contributed by atoms with Gasteiger partial charge in [-0.2, -0.15) is 15.0 Å². The van der Waals surface area contributed by atoms with Gasteiger partial charge >= 0.3 is 0 Å². The lowest BCUT2D eigenvalue weighted by molar-refractivity contribution is 0.523. The van der Waals surface area contributed by atoms with Crippen LogP contribution < -0.4 is 4.90 Å². The van der Waals surface area contributed by atoms with E-state index in [1.165, 1.54) is 193 Å². The number of nitrogens with zero attached hydrogens (tertiary/aromatic N) is 4. The van der Waals surface area contributed by atoms with Crippen molar-refractivity contribution in [3.63, 3.8) is 0 Å². The molecule has 0 aliphatic rings. The number of unbranched alkanes of at least 4 members (excludes halogenated alkanes) is 30. The molecule has 0 aliphatic heterocycles. The Morgan fingerprint density at radius 2 is 0.556 bits per heavy atom. The molecule has 0 fully saturated rings. The van der Waals surface area contributed by atoms with E-state index in [1.54, 1.807) is 0 Å². The first-order valence-electron chi connectivity index (χ1n) is 20.0. The van der Waals surface area contributed by atoms with Crippen LogP contribution in [0.1, 0.15) is 219 Å². The van der Waals surface area contributed by atoms with Crippen LogP contribution in [0.4, 0.5) is 5.95 Å². The van der Waals surface area contributed by atoms with Crippen LogP contribution in [0.5, 0.6) is 0 Å². The van der Waals surface area contributed by atoms with E-state index < -0.39 is 0 Å². The van der Waals surface area contributed by atoms with Crippen molar-refractivity contribution in [3.8, 4) is 0 Å². The highest BCUT2D eigenvalue weighted by Crippen LogP contribution is 2.19. The van der Waals surface area contributed by atoms with E-state index in [9.17, 15) is 0 Å². The Hall–Kier alpha value is -0.610. The van der Waals surface area contributed by atoms with Gasteiger partial charge in [0.2, 0.25) is 16.5 Å². The molecule has 1 aromatic heterocycles. The van der Waals surface area contributed by atoms with Crippen LogP contribution in [0.2, 0.25) is 10.6 Å². The molecule has 0 unspecified atom stereocenters. The Bertz CT molecular complexity index is 692. The van der Waals surface area contributed by atoms with E-state index in [0.29, 0.717) is 5.95 Å². The van der Waals surface area contributed by atoms with E-state index in [1.807, 2.05) is 0 Å². The fraction of sp³-hybridized carbons (Fsp3) is 0.923. The highest BCUT2D eigenvalue weighted by atomic mass is 35.5. The molecule has 0 N–H and O–H groups in total. The highest BCUT2D eigenvalue weighted by Gasteiger charge is 2.12. The van der Waals surface area contributed by atoms with Gasteiger partial charge in [0.05, 0.1) is 0 Å². The summed E-state index contributed by atoms with van der Waals surface area (Å²) in [7, 11) is 0. The summed E-state index contributed by atoms with van der Waals surface area (Å²) in [5, 5.41) is 0.378. The van der Waals surface area contributed by atoms with Crippen LogP contribution >= 0.6 is 23.2 Å². The summed E-state index contributed by atoms with van der Waals surface area (Å²) in [5.74, 6) is 0.641. The molecule has 0 atom stereocenters. The Morgan fingerprint density at radius 3 is 0.800 bits per heavy atom. The molecule has 264 valence electrons. The van der Waals surface area contributed by atoms with Crippen LogP contribution in [-0.2, 0) is 0 Å². The SMILES string of the molecule is CCCCCCCCCCCCCCCCCCN(CCCCCCCCCCCCCCCCCC)c1nc(Cl)nc(Cl)n1. The lowest BCUT2D eigenvalue weighted by Crippen LogP contribution is -2.28. The molecule has 0 saturated heterocycles. The molecule has 0 aliphatic carbocycles. The van der Waals surface area contributed by atoms with Crippen LogP contribution in [-0.4, -0.2) is 28.0 Å². The van der Waals surface area contributed by atoms with Gasteiger partial charge in [-0.3, -0.25) is 0 Å². The summed E-state index contributed by atoms with van der Waals surface area (Å²) in [6.07, 6.45) is 44.4. The molecule has 0 aromatic carbocycles. The highest BCUT2D eigenvalue weighted by molar-refractivity contribution is 6.31. The minimum absolute atomic E-state index is 0.189. The van der Waals surface area contributed by atoms with Crippen LogP contribution in [0.15, 0.2) is 0 Å². The van der Waals surface area contributed by atoms with Gasteiger partial charge in [-0.25, -0.2) is 0 Å². The molecular formula is C39H74Cl2N4. The second kappa shape index (κ2) is 33.3. The first kappa shape index (κ1) is 42.4. The van der Waals surface area contributed by atoms with Crippen LogP contribution in [0.3, 0.4) is 0 Å².